The van der Waals surface area contributed by atoms with Crippen LogP contribution in [0.15, 0.2) is 35.1 Å². The molecule has 0 saturated heterocycles. The number of aromatic nitrogens is 4. The summed E-state index contributed by atoms with van der Waals surface area (Å²) in [6.07, 6.45) is 6.73. The molecule has 0 aliphatic carbocycles. The first kappa shape index (κ1) is 13.6. The third-order valence-corrected chi connectivity index (χ3v) is 3.37. The number of nitrogens with one attached hydrogen (secondary N) is 2. The number of furan rings is 1. The first-order valence-electron chi connectivity index (χ1n) is 6.99. The molecule has 0 atom stereocenters. The Morgan fingerprint density at radius 3 is 2.95 bits per heavy atom. The van der Waals surface area contributed by atoms with Crippen LogP contribution in [0.25, 0.3) is 11.5 Å². The summed E-state index contributed by atoms with van der Waals surface area (Å²) < 4.78 is 7.46. The molecule has 0 fully saturated rings. The Morgan fingerprint density at radius 2 is 2.24 bits per heavy atom. The van der Waals surface area contributed by atoms with Gasteiger partial charge in [-0.15, -0.1) is 0 Å². The predicted molar refractivity (Wildman–Crippen MR) is 79.6 cm³/mol. The maximum atomic E-state index is 5.64. The molecule has 6 nitrogen and oxygen atoms in total. The molecule has 3 aromatic heterocycles. The van der Waals surface area contributed by atoms with Gasteiger partial charge < -0.3 is 9.73 Å². The molecule has 0 amide bonds. The van der Waals surface area contributed by atoms with Crippen LogP contribution in [-0.4, -0.2) is 26.5 Å². The zero-order chi connectivity index (χ0) is 14.7. The second kappa shape index (κ2) is 5.97. The monoisotopic (exact) mass is 285 g/mol. The van der Waals surface area contributed by atoms with E-state index in [1.807, 2.05) is 49.4 Å². The van der Waals surface area contributed by atoms with E-state index in [0.29, 0.717) is 0 Å². The highest BCUT2D eigenvalue weighted by Crippen LogP contribution is 2.23. The van der Waals surface area contributed by atoms with Crippen molar-refractivity contribution in [1.29, 1.82) is 0 Å². The molecule has 0 aliphatic heterocycles. The van der Waals surface area contributed by atoms with Crippen molar-refractivity contribution in [3.63, 3.8) is 0 Å². The summed E-state index contributed by atoms with van der Waals surface area (Å²) in [6, 6.07) is 3.91. The lowest BCUT2D eigenvalue weighted by Gasteiger charge is -2.03. The van der Waals surface area contributed by atoms with Crippen molar-refractivity contribution in [3.05, 3.63) is 47.6 Å². The summed E-state index contributed by atoms with van der Waals surface area (Å²) in [6.45, 7) is 3.59. The molecule has 6 heteroatoms. The zero-order valence-corrected chi connectivity index (χ0v) is 12.3. The highest BCUT2D eigenvalue weighted by molar-refractivity contribution is 5.56. The van der Waals surface area contributed by atoms with E-state index in [0.717, 1.165) is 42.3 Å². The van der Waals surface area contributed by atoms with Crippen LogP contribution in [0.3, 0.4) is 0 Å². The van der Waals surface area contributed by atoms with E-state index in [-0.39, 0.29) is 0 Å². The maximum Gasteiger partial charge on any atom is 0.152 e. The van der Waals surface area contributed by atoms with E-state index in [2.05, 4.69) is 20.6 Å². The summed E-state index contributed by atoms with van der Waals surface area (Å²) >= 11 is 0. The topological polar surface area (TPSA) is 71.7 Å². The number of nitrogens with zero attached hydrogens (tertiary/aromatic N) is 3. The number of aromatic amines is 1. The van der Waals surface area contributed by atoms with Crippen LogP contribution in [0.1, 0.15) is 16.9 Å². The van der Waals surface area contributed by atoms with Crippen LogP contribution in [0.5, 0.6) is 0 Å². The summed E-state index contributed by atoms with van der Waals surface area (Å²) in [5.41, 5.74) is 3.28. The van der Waals surface area contributed by atoms with Gasteiger partial charge in [0.2, 0.25) is 0 Å². The van der Waals surface area contributed by atoms with Crippen molar-refractivity contribution in [2.24, 2.45) is 7.05 Å². The van der Waals surface area contributed by atoms with E-state index in [1.54, 1.807) is 0 Å². The smallest absolute Gasteiger partial charge is 0.152 e. The normalized spacial score (nSPS) is 11.1. The quantitative estimate of drug-likeness (QED) is 0.680. The molecule has 0 bridgehead atoms. The van der Waals surface area contributed by atoms with E-state index in [9.17, 15) is 0 Å². The lowest BCUT2D eigenvalue weighted by molar-refractivity contribution is 0.545. The Labute approximate surface area is 123 Å². The Hall–Kier alpha value is -2.34. The number of aryl methyl sites for hydroxylation is 2. The molecule has 21 heavy (non-hydrogen) atoms. The van der Waals surface area contributed by atoms with Crippen molar-refractivity contribution in [1.82, 2.24) is 25.3 Å². The highest BCUT2D eigenvalue weighted by Gasteiger charge is 2.10. The lowest BCUT2D eigenvalue weighted by atomic mass is 10.2. The van der Waals surface area contributed by atoms with Crippen molar-refractivity contribution in [2.45, 2.75) is 19.9 Å². The number of hydrogen-bond donors (Lipinski definition) is 2. The third kappa shape index (κ3) is 3.22. The Balaban J connectivity index is 1.55. The minimum absolute atomic E-state index is 0.756. The van der Waals surface area contributed by atoms with Gasteiger partial charge >= 0.3 is 0 Å². The van der Waals surface area contributed by atoms with Gasteiger partial charge in [0.25, 0.3) is 0 Å². The molecule has 2 N–H and O–H groups in total. The van der Waals surface area contributed by atoms with Crippen molar-refractivity contribution in [2.75, 3.05) is 6.54 Å². The molecule has 0 aliphatic rings. The molecule has 0 radical (unpaired) electrons. The first-order valence-corrected chi connectivity index (χ1v) is 6.99. The fourth-order valence-corrected chi connectivity index (χ4v) is 2.28. The first-order chi connectivity index (χ1) is 10.2. The van der Waals surface area contributed by atoms with Crippen LogP contribution in [0.4, 0.5) is 0 Å². The van der Waals surface area contributed by atoms with Gasteiger partial charge in [-0.1, -0.05) is 0 Å². The molecule has 0 saturated carbocycles. The zero-order valence-electron chi connectivity index (χ0n) is 12.3. The average Bonchev–Trinajstić information content (AvgIpc) is 3.16. The summed E-state index contributed by atoms with van der Waals surface area (Å²) in [5, 5.41) is 14.7. The fourth-order valence-electron chi connectivity index (χ4n) is 2.28. The van der Waals surface area contributed by atoms with Gasteiger partial charge in [0.1, 0.15) is 11.5 Å². The van der Waals surface area contributed by atoms with Gasteiger partial charge in [-0.3, -0.25) is 9.78 Å². The van der Waals surface area contributed by atoms with Gasteiger partial charge in [0.15, 0.2) is 5.76 Å². The molecule has 110 valence electrons. The number of H-pyrrole nitrogens is 1. The van der Waals surface area contributed by atoms with Gasteiger partial charge in [0, 0.05) is 25.4 Å². The predicted octanol–water partition coefficient (Wildman–Crippen LogP) is 2.04. The van der Waals surface area contributed by atoms with Crippen LogP contribution in [-0.2, 0) is 20.0 Å². The van der Waals surface area contributed by atoms with Gasteiger partial charge in [-0.25, -0.2) is 0 Å². The van der Waals surface area contributed by atoms with Crippen LogP contribution < -0.4 is 5.32 Å². The minimum Gasteiger partial charge on any atom is -0.460 e. The highest BCUT2D eigenvalue weighted by atomic mass is 16.3. The Bertz CT molecular complexity index is 709. The van der Waals surface area contributed by atoms with Gasteiger partial charge in [-0.05, 0) is 37.6 Å². The SMILES string of the molecule is Cc1ccc(-c2[nH]ncc2CNCCc2cnn(C)c2)o1. The largest absolute Gasteiger partial charge is 0.460 e. The standard InChI is InChI=1S/C15H19N5O/c1-11-3-4-14(21-11)15-13(9-17-19-15)8-16-6-5-12-7-18-20(2)10-12/h3-4,7,9-10,16H,5-6,8H2,1-2H3,(H,17,19). The summed E-state index contributed by atoms with van der Waals surface area (Å²) in [7, 11) is 1.93. The molecule has 0 spiro atoms. The van der Waals surface area contributed by atoms with E-state index >= 15 is 0 Å². The summed E-state index contributed by atoms with van der Waals surface area (Å²) in [4.78, 5) is 0. The van der Waals surface area contributed by atoms with Gasteiger partial charge in [-0.2, -0.15) is 10.2 Å². The fraction of sp³-hybridized carbons (Fsp3) is 0.333. The second-order valence-corrected chi connectivity index (χ2v) is 5.13. The van der Waals surface area contributed by atoms with Crippen molar-refractivity contribution in [3.8, 4) is 11.5 Å². The average molecular weight is 285 g/mol. The summed E-state index contributed by atoms with van der Waals surface area (Å²) in [5.74, 6) is 1.73. The minimum atomic E-state index is 0.756. The van der Waals surface area contributed by atoms with Crippen LogP contribution >= 0.6 is 0 Å². The molecule has 3 rings (SSSR count). The Kier molecular flexibility index (Phi) is 3.87. The molecule has 0 aromatic carbocycles. The second-order valence-electron chi connectivity index (χ2n) is 5.13. The molecule has 3 aromatic rings. The maximum absolute atomic E-state index is 5.64. The van der Waals surface area contributed by atoms with E-state index < -0.39 is 0 Å². The Morgan fingerprint density at radius 1 is 1.33 bits per heavy atom. The molecular weight excluding hydrogens is 266 g/mol. The van der Waals surface area contributed by atoms with Crippen LogP contribution in [0.2, 0.25) is 0 Å². The van der Waals surface area contributed by atoms with E-state index in [1.165, 1.54) is 5.56 Å². The molecule has 0 unspecified atom stereocenters. The third-order valence-electron chi connectivity index (χ3n) is 3.37. The molecule has 3 heterocycles. The number of hydrogen-bond acceptors (Lipinski definition) is 4. The van der Waals surface area contributed by atoms with Crippen molar-refractivity contribution < 1.29 is 4.42 Å². The van der Waals surface area contributed by atoms with Gasteiger partial charge in [0.05, 0.1) is 12.4 Å². The number of rotatable bonds is 6. The van der Waals surface area contributed by atoms with Crippen molar-refractivity contribution >= 4 is 0 Å². The van der Waals surface area contributed by atoms with E-state index in [4.69, 9.17) is 4.42 Å². The molecular formula is C15H19N5O. The van der Waals surface area contributed by atoms with Crippen LogP contribution in [0, 0.1) is 6.92 Å². The lowest BCUT2D eigenvalue weighted by Crippen LogP contribution is -2.16.